The molecule has 79 valence electrons. The zero-order valence-corrected chi connectivity index (χ0v) is 9.12. The fraction of sp³-hybridized carbons (Fsp3) is 0.923. The molecule has 1 saturated carbocycles. The normalized spacial score (nSPS) is 40.3. The molecule has 3 fully saturated rings. The minimum atomic E-state index is 0.863. The van der Waals surface area contributed by atoms with Crippen LogP contribution in [0.3, 0.4) is 0 Å². The first-order valence-corrected chi connectivity index (χ1v) is 6.56. The summed E-state index contributed by atoms with van der Waals surface area (Å²) in [6.07, 6.45) is 15.8. The van der Waals surface area contributed by atoms with E-state index in [9.17, 15) is 0 Å². The highest BCUT2D eigenvalue weighted by atomic mass is 15.2. The molecule has 1 aliphatic carbocycles. The van der Waals surface area contributed by atoms with Crippen LogP contribution in [0.2, 0.25) is 0 Å². The lowest BCUT2D eigenvalue weighted by atomic mass is 9.90. The van der Waals surface area contributed by atoms with E-state index in [1.807, 2.05) is 0 Å². The monoisotopic (exact) mass is 192 g/mol. The van der Waals surface area contributed by atoms with Crippen LogP contribution in [0.1, 0.15) is 57.8 Å². The molecule has 0 aromatic carbocycles. The lowest BCUT2D eigenvalue weighted by Gasteiger charge is -2.42. The van der Waals surface area contributed by atoms with Crippen molar-refractivity contribution in [3.8, 4) is 0 Å². The molecule has 2 aliphatic heterocycles. The fourth-order valence-corrected chi connectivity index (χ4v) is 3.90. The fourth-order valence-electron chi connectivity index (χ4n) is 3.90. The summed E-state index contributed by atoms with van der Waals surface area (Å²) in [4.78, 5) is 2.89. The highest BCUT2D eigenvalue weighted by Gasteiger charge is 2.40. The van der Waals surface area contributed by atoms with E-state index < -0.39 is 0 Å². The third kappa shape index (κ3) is 1.50. The first-order valence-electron chi connectivity index (χ1n) is 6.56. The van der Waals surface area contributed by atoms with Crippen molar-refractivity contribution < 1.29 is 0 Å². The lowest BCUT2D eigenvalue weighted by molar-refractivity contribution is 0.0879. The van der Waals surface area contributed by atoms with Crippen LogP contribution in [0.25, 0.3) is 0 Å². The second kappa shape index (κ2) is 3.84. The SMILES string of the molecule is [CH]1CCCCC1N1C2CCCC1CC2. The molecule has 2 saturated heterocycles. The third-order valence-corrected chi connectivity index (χ3v) is 4.53. The molecular formula is C13H22N. The zero-order valence-electron chi connectivity index (χ0n) is 9.12. The van der Waals surface area contributed by atoms with Crippen molar-refractivity contribution in [3.05, 3.63) is 6.42 Å². The van der Waals surface area contributed by atoms with Crippen molar-refractivity contribution >= 4 is 0 Å². The largest absolute Gasteiger partial charge is 0.294 e. The van der Waals surface area contributed by atoms with Gasteiger partial charge in [-0.05, 0) is 44.9 Å². The Labute approximate surface area is 87.9 Å². The Morgan fingerprint density at radius 1 is 0.786 bits per heavy atom. The van der Waals surface area contributed by atoms with Gasteiger partial charge in [0.2, 0.25) is 0 Å². The Kier molecular flexibility index (Phi) is 2.53. The van der Waals surface area contributed by atoms with Crippen molar-refractivity contribution in [3.63, 3.8) is 0 Å². The standard InChI is InChI=1S/C13H22N/c1-2-5-11(6-3-1)14-12-7-4-8-13(14)10-9-12/h5,11-13H,1-4,6-10H2. The van der Waals surface area contributed by atoms with E-state index in [0.717, 1.165) is 18.1 Å². The number of nitrogens with zero attached hydrogens (tertiary/aromatic N) is 1. The molecule has 14 heavy (non-hydrogen) atoms. The van der Waals surface area contributed by atoms with Gasteiger partial charge in [0.05, 0.1) is 0 Å². The maximum Gasteiger partial charge on any atom is 0.0133 e. The molecule has 3 aliphatic rings. The molecule has 1 nitrogen and oxygen atoms in total. The number of fused-ring (bicyclic) bond motifs is 2. The first-order chi connectivity index (χ1) is 6.95. The summed E-state index contributed by atoms with van der Waals surface area (Å²) in [6, 6.07) is 2.79. The van der Waals surface area contributed by atoms with Crippen LogP contribution in [-0.2, 0) is 0 Å². The van der Waals surface area contributed by atoms with Gasteiger partial charge < -0.3 is 0 Å². The maximum atomic E-state index is 2.89. The smallest absolute Gasteiger partial charge is 0.0133 e. The molecule has 2 heterocycles. The molecule has 3 rings (SSSR count). The summed E-state index contributed by atoms with van der Waals surface area (Å²) in [5, 5.41) is 0. The summed E-state index contributed by atoms with van der Waals surface area (Å²) >= 11 is 0. The lowest BCUT2D eigenvalue weighted by Crippen LogP contribution is -2.47. The number of piperidine rings is 1. The molecule has 3 unspecified atom stereocenters. The molecular weight excluding hydrogens is 170 g/mol. The number of hydrogen-bond donors (Lipinski definition) is 0. The van der Waals surface area contributed by atoms with Crippen LogP contribution in [0.15, 0.2) is 0 Å². The summed E-state index contributed by atoms with van der Waals surface area (Å²) in [6.45, 7) is 0. The molecule has 0 spiro atoms. The van der Waals surface area contributed by atoms with Gasteiger partial charge in [0.15, 0.2) is 0 Å². The number of hydrogen-bond acceptors (Lipinski definition) is 1. The van der Waals surface area contributed by atoms with Crippen LogP contribution < -0.4 is 0 Å². The molecule has 0 amide bonds. The molecule has 0 aromatic heterocycles. The maximum absolute atomic E-state index is 2.89. The van der Waals surface area contributed by atoms with Gasteiger partial charge in [-0.1, -0.05) is 19.3 Å². The molecule has 3 atom stereocenters. The van der Waals surface area contributed by atoms with Gasteiger partial charge in [-0.25, -0.2) is 0 Å². The number of rotatable bonds is 1. The van der Waals surface area contributed by atoms with Gasteiger partial charge >= 0.3 is 0 Å². The van der Waals surface area contributed by atoms with Gasteiger partial charge in [0, 0.05) is 18.1 Å². The average molecular weight is 192 g/mol. The van der Waals surface area contributed by atoms with Gasteiger partial charge in [-0.3, -0.25) is 4.90 Å². The van der Waals surface area contributed by atoms with Crippen LogP contribution in [0.4, 0.5) is 0 Å². The van der Waals surface area contributed by atoms with E-state index >= 15 is 0 Å². The van der Waals surface area contributed by atoms with E-state index in [-0.39, 0.29) is 0 Å². The van der Waals surface area contributed by atoms with Crippen molar-refractivity contribution in [1.82, 2.24) is 4.90 Å². The molecule has 0 N–H and O–H groups in total. The van der Waals surface area contributed by atoms with Crippen LogP contribution in [0, 0.1) is 6.42 Å². The van der Waals surface area contributed by atoms with E-state index in [2.05, 4.69) is 11.3 Å². The molecule has 1 heteroatoms. The summed E-state index contributed by atoms with van der Waals surface area (Å²) < 4.78 is 0. The van der Waals surface area contributed by atoms with Crippen LogP contribution >= 0.6 is 0 Å². The zero-order chi connectivity index (χ0) is 9.38. The highest BCUT2D eigenvalue weighted by Crippen LogP contribution is 2.39. The van der Waals surface area contributed by atoms with E-state index in [1.165, 1.54) is 57.8 Å². The van der Waals surface area contributed by atoms with Gasteiger partial charge in [-0.2, -0.15) is 0 Å². The average Bonchev–Trinajstić information content (AvgIpc) is 2.50. The Morgan fingerprint density at radius 3 is 2.21 bits per heavy atom. The second-order valence-corrected chi connectivity index (χ2v) is 5.35. The summed E-state index contributed by atoms with van der Waals surface area (Å²) in [5.41, 5.74) is 0. The molecule has 1 radical (unpaired) electrons. The van der Waals surface area contributed by atoms with Crippen molar-refractivity contribution in [2.24, 2.45) is 0 Å². The minimum Gasteiger partial charge on any atom is -0.294 e. The van der Waals surface area contributed by atoms with Crippen LogP contribution in [-0.4, -0.2) is 23.0 Å². The van der Waals surface area contributed by atoms with E-state index in [0.29, 0.717) is 0 Å². The first kappa shape index (κ1) is 9.21. The Morgan fingerprint density at radius 2 is 1.57 bits per heavy atom. The molecule has 2 bridgehead atoms. The predicted octanol–water partition coefficient (Wildman–Crippen LogP) is 3.15. The minimum absolute atomic E-state index is 0.863. The van der Waals surface area contributed by atoms with Gasteiger partial charge in [0.25, 0.3) is 0 Å². The molecule has 0 aromatic rings. The summed E-state index contributed by atoms with van der Waals surface area (Å²) in [5.74, 6) is 0. The van der Waals surface area contributed by atoms with Crippen molar-refractivity contribution in [2.45, 2.75) is 75.9 Å². The Hall–Kier alpha value is -0.0400. The van der Waals surface area contributed by atoms with Crippen LogP contribution in [0.5, 0.6) is 0 Å². The van der Waals surface area contributed by atoms with E-state index in [1.54, 1.807) is 0 Å². The third-order valence-electron chi connectivity index (χ3n) is 4.53. The quantitative estimate of drug-likeness (QED) is 0.617. The van der Waals surface area contributed by atoms with Gasteiger partial charge in [0.1, 0.15) is 0 Å². The van der Waals surface area contributed by atoms with Crippen molar-refractivity contribution in [1.29, 1.82) is 0 Å². The predicted molar refractivity (Wildman–Crippen MR) is 59.1 cm³/mol. The second-order valence-electron chi connectivity index (χ2n) is 5.35. The van der Waals surface area contributed by atoms with E-state index in [4.69, 9.17) is 0 Å². The van der Waals surface area contributed by atoms with Crippen molar-refractivity contribution in [2.75, 3.05) is 0 Å². The topological polar surface area (TPSA) is 3.24 Å². The van der Waals surface area contributed by atoms with Gasteiger partial charge in [-0.15, -0.1) is 0 Å². The Balaban J connectivity index is 1.70. The highest BCUT2D eigenvalue weighted by molar-refractivity contribution is 5.00. The summed E-state index contributed by atoms with van der Waals surface area (Å²) in [7, 11) is 0. The Bertz CT molecular complexity index is 179.